The SMILES string of the molecule is c1ccc(C2(n3c4ccccc4c4ccccc43)c3ccccc3Oc3ccccc32)cc1. The van der Waals surface area contributed by atoms with E-state index in [0.29, 0.717) is 0 Å². The van der Waals surface area contributed by atoms with Gasteiger partial charge in [-0.2, -0.15) is 0 Å². The zero-order valence-corrected chi connectivity index (χ0v) is 18.0. The Morgan fingerprint density at radius 3 is 1.48 bits per heavy atom. The Balaban J connectivity index is 1.78. The van der Waals surface area contributed by atoms with Crippen LogP contribution in [0.15, 0.2) is 127 Å². The molecular formula is C31H21NO. The van der Waals surface area contributed by atoms with Crippen molar-refractivity contribution in [2.24, 2.45) is 0 Å². The number of benzene rings is 5. The van der Waals surface area contributed by atoms with E-state index >= 15 is 0 Å². The molecule has 2 heterocycles. The molecule has 6 aromatic rings. The molecule has 0 atom stereocenters. The first kappa shape index (κ1) is 18.3. The van der Waals surface area contributed by atoms with Crippen LogP contribution in [0.2, 0.25) is 0 Å². The van der Waals surface area contributed by atoms with Crippen LogP contribution in [0.4, 0.5) is 0 Å². The molecule has 5 aromatic carbocycles. The van der Waals surface area contributed by atoms with Crippen LogP contribution in [-0.2, 0) is 5.54 Å². The Kier molecular flexibility index (Phi) is 3.80. The van der Waals surface area contributed by atoms with E-state index in [1.54, 1.807) is 0 Å². The summed E-state index contributed by atoms with van der Waals surface area (Å²) < 4.78 is 8.98. The summed E-state index contributed by atoms with van der Waals surface area (Å²) in [5, 5.41) is 2.51. The predicted molar refractivity (Wildman–Crippen MR) is 134 cm³/mol. The van der Waals surface area contributed by atoms with E-state index in [1.165, 1.54) is 27.4 Å². The molecule has 1 aliphatic heterocycles. The third-order valence-electron chi connectivity index (χ3n) is 6.88. The lowest BCUT2D eigenvalue weighted by molar-refractivity contribution is 0.400. The summed E-state index contributed by atoms with van der Waals surface area (Å²) in [5.74, 6) is 1.78. The van der Waals surface area contributed by atoms with E-state index in [-0.39, 0.29) is 0 Å². The van der Waals surface area contributed by atoms with Crippen LogP contribution < -0.4 is 4.74 Å². The lowest BCUT2D eigenvalue weighted by atomic mass is 9.74. The number of para-hydroxylation sites is 4. The van der Waals surface area contributed by atoms with Crippen molar-refractivity contribution in [2.45, 2.75) is 5.54 Å². The second-order valence-electron chi connectivity index (χ2n) is 8.54. The average Bonchev–Trinajstić information content (AvgIpc) is 3.23. The van der Waals surface area contributed by atoms with Crippen LogP contribution in [0.1, 0.15) is 16.7 Å². The van der Waals surface area contributed by atoms with Crippen molar-refractivity contribution in [1.29, 1.82) is 0 Å². The summed E-state index contributed by atoms with van der Waals surface area (Å²) in [6.45, 7) is 0. The van der Waals surface area contributed by atoms with Crippen LogP contribution in [-0.4, -0.2) is 4.57 Å². The van der Waals surface area contributed by atoms with E-state index in [9.17, 15) is 0 Å². The van der Waals surface area contributed by atoms with E-state index in [4.69, 9.17) is 4.74 Å². The molecule has 0 bridgehead atoms. The molecule has 0 unspecified atom stereocenters. The minimum Gasteiger partial charge on any atom is -0.457 e. The second-order valence-corrected chi connectivity index (χ2v) is 8.54. The van der Waals surface area contributed by atoms with Crippen molar-refractivity contribution >= 4 is 21.8 Å². The highest BCUT2D eigenvalue weighted by atomic mass is 16.5. The van der Waals surface area contributed by atoms with Crippen LogP contribution in [0.25, 0.3) is 21.8 Å². The standard InChI is InChI=1S/C31H21NO/c1-2-12-22(13-3-1)31(25-16-6-10-20-29(25)33-30-21-11-7-17-26(30)31)32-27-18-8-4-14-23(27)24-15-5-9-19-28(24)32/h1-21H. The fourth-order valence-electron chi connectivity index (χ4n) is 5.62. The highest BCUT2D eigenvalue weighted by Gasteiger charge is 2.46. The topological polar surface area (TPSA) is 14.2 Å². The molecule has 0 fully saturated rings. The van der Waals surface area contributed by atoms with Gasteiger partial charge in [-0.05, 0) is 29.8 Å². The monoisotopic (exact) mass is 423 g/mol. The number of aromatic nitrogens is 1. The van der Waals surface area contributed by atoms with Gasteiger partial charge in [-0.1, -0.05) is 103 Å². The summed E-state index contributed by atoms with van der Waals surface area (Å²) in [4.78, 5) is 0. The van der Waals surface area contributed by atoms with Crippen molar-refractivity contribution < 1.29 is 4.74 Å². The number of hydrogen-bond donors (Lipinski definition) is 0. The highest BCUT2D eigenvalue weighted by Crippen LogP contribution is 2.54. The largest absolute Gasteiger partial charge is 0.457 e. The fraction of sp³-hybridized carbons (Fsp3) is 0.0323. The number of rotatable bonds is 2. The number of hydrogen-bond acceptors (Lipinski definition) is 1. The van der Waals surface area contributed by atoms with Crippen LogP contribution in [0.3, 0.4) is 0 Å². The summed E-state index contributed by atoms with van der Waals surface area (Å²) >= 11 is 0. The van der Waals surface area contributed by atoms with Crippen LogP contribution in [0, 0.1) is 0 Å². The number of nitrogens with zero attached hydrogens (tertiary/aromatic N) is 1. The molecule has 0 aliphatic carbocycles. The van der Waals surface area contributed by atoms with Gasteiger partial charge in [-0.25, -0.2) is 0 Å². The molecule has 0 N–H and O–H groups in total. The quantitative estimate of drug-likeness (QED) is 0.277. The number of ether oxygens (including phenoxy) is 1. The average molecular weight is 424 g/mol. The van der Waals surface area contributed by atoms with Crippen molar-refractivity contribution in [3.8, 4) is 11.5 Å². The smallest absolute Gasteiger partial charge is 0.133 e. The van der Waals surface area contributed by atoms with E-state index in [1.807, 2.05) is 12.1 Å². The first-order valence-corrected chi connectivity index (χ1v) is 11.3. The zero-order valence-electron chi connectivity index (χ0n) is 18.0. The predicted octanol–water partition coefficient (Wildman–Crippen LogP) is 7.74. The molecule has 33 heavy (non-hydrogen) atoms. The Labute approximate surface area is 192 Å². The van der Waals surface area contributed by atoms with Gasteiger partial charge in [-0.15, -0.1) is 0 Å². The number of fused-ring (bicyclic) bond motifs is 5. The van der Waals surface area contributed by atoms with Gasteiger partial charge in [0.2, 0.25) is 0 Å². The Hall–Kier alpha value is -4.30. The van der Waals surface area contributed by atoms with Crippen LogP contribution >= 0.6 is 0 Å². The van der Waals surface area contributed by atoms with Gasteiger partial charge in [-0.3, -0.25) is 0 Å². The minimum atomic E-state index is -0.588. The Bertz CT molecular complexity index is 1550. The van der Waals surface area contributed by atoms with E-state index in [0.717, 1.165) is 22.6 Å². The van der Waals surface area contributed by atoms with Gasteiger partial charge in [0, 0.05) is 21.9 Å². The van der Waals surface area contributed by atoms with Crippen molar-refractivity contribution in [3.05, 3.63) is 144 Å². The van der Waals surface area contributed by atoms with Crippen molar-refractivity contribution in [1.82, 2.24) is 4.57 Å². The maximum absolute atomic E-state index is 6.46. The minimum absolute atomic E-state index is 0.588. The Morgan fingerprint density at radius 1 is 0.455 bits per heavy atom. The molecule has 1 aliphatic rings. The molecule has 0 saturated heterocycles. The van der Waals surface area contributed by atoms with E-state index < -0.39 is 5.54 Å². The zero-order chi connectivity index (χ0) is 21.8. The van der Waals surface area contributed by atoms with Crippen molar-refractivity contribution in [3.63, 3.8) is 0 Å². The second kappa shape index (κ2) is 6.85. The first-order valence-electron chi connectivity index (χ1n) is 11.3. The Morgan fingerprint density at radius 2 is 0.909 bits per heavy atom. The molecule has 2 nitrogen and oxygen atoms in total. The molecule has 0 saturated carbocycles. The third kappa shape index (κ3) is 2.38. The lowest BCUT2D eigenvalue weighted by Gasteiger charge is -2.43. The molecule has 1 aromatic heterocycles. The molecule has 0 radical (unpaired) electrons. The third-order valence-corrected chi connectivity index (χ3v) is 6.88. The summed E-state index contributed by atoms with van der Waals surface area (Å²) in [6, 6.07) is 45.2. The fourth-order valence-corrected chi connectivity index (χ4v) is 5.62. The summed E-state index contributed by atoms with van der Waals surface area (Å²) in [6.07, 6.45) is 0. The van der Waals surface area contributed by atoms with Gasteiger partial charge in [0.05, 0.1) is 11.0 Å². The van der Waals surface area contributed by atoms with Crippen LogP contribution in [0.5, 0.6) is 11.5 Å². The molecule has 156 valence electrons. The lowest BCUT2D eigenvalue weighted by Crippen LogP contribution is -2.40. The van der Waals surface area contributed by atoms with E-state index in [2.05, 4.69) is 120 Å². The van der Waals surface area contributed by atoms with Gasteiger partial charge in [0.25, 0.3) is 0 Å². The summed E-state index contributed by atoms with van der Waals surface area (Å²) in [5.41, 5.74) is 5.31. The summed E-state index contributed by atoms with van der Waals surface area (Å²) in [7, 11) is 0. The normalized spacial score (nSPS) is 13.9. The first-order chi connectivity index (χ1) is 16.4. The highest BCUT2D eigenvalue weighted by molar-refractivity contribution is 6.08. The van der Waals surface area contributed by atoms with Gasteiger partial charge < -0.3 is 9.30 Å². The maximum atomic E-state index is 6.46. The molecule has 2 heteroatoms. The molecular weight excluding hydrogens is 402 g/mol. The van der Waals surface area contributed by atoms with Crippen molar-refractivity contribution in [2.75, 3.05) is 0 Å². The van der Waals surface area contributed by atoms with Gasteiger partial charge in [0.15, 0.2) is 0 Å². The van der Waals surface area contributed by atoms with Gasteiger partial charge in [0.1, 0.15) is 17.0 Å². The molecule has 0 spiro atoms. The molecule has 7 rings (SSSR count). The molecule has 0 amide bonds. The maximum Gasteiger partial charge on any atom is 0.133 e. The van der Waals surface area contributed by atoms with Gasteiger partial charge >= 0.3 is 0 Å².